The molecule has 0 spiro atoms. The number of nitrogens with two attached hydrogens (primary N) is 1. The summed E-state index contributed by atoms with van der Waals surface area (Å²) in [5, 5.41) is 10.1. The number of furan rings is 1. The van der Waals surface area contributed by atoms with Crippen LogP contribution in [0.4, 0.5) is 5.69 Å². The summed E-state index contributed by atoms with van der Waals surface area (Å²) in [6, 6.07) is 9.13. The first-order valence-electron chi connectivity index (χ1n) is 9.11. The predicted octanol–water partition coefficient (Wildman–Crippen LogP) is 2.83. The fraction of sp³-hybridized carbons (Fsp3) is 0.316. The standard InChI is InChI=1S/C19H24N6O3/c1-3-26-13-7-8-15(27-4-2)14(12-13)22-19(20)21-10-9-17-23-18(25-24-17)16-6-5-11-28-16/h5-8,11-12H,3-4,9-10H2,1-2H3,(H3,20,21,22)(H,23,24,25). The monoisotopic (exact) mass is 384 g/mol. The second-order valence-electron chi connectivity index (χ2n) is 5.75. The van der Waals surface area contributed by atoms with Gasteiger partial charge >= 0.3 is 0 Å². The molecule has 0 fully saturated rings. The zero-order chi connectivity index (χ0) is 19.8. The topological polar surface area (TPSA) is 124 Å². The smallest absolute Gasteiger partial charge is 0.216 e. The fourth-order valence-electron chi connectivity index (χ4n) is 2.53. The second-order valence-corrected chi connectivity index (χ2v) is 5.75. The van der Waals surface area contributed by atoms with Gasteiger partial charge in [0.15, 0.2) is 11.7 Å². The number of nitrogens with zero attached hydrogens (tertiary/aromatic N) is 3. The van der Waals surface area contributed by atoms with Crippen molar-refractivity contribution in [3.8, 4) is 23.1 Å². The first-order chi connectivity index (χ1) is 13.7. The van der Waals surface area contributed by atoms with Crippen molar-refractivity contribution in [1.29, 1.82) is 0 Å². The van der Waals surface area contributed by atoms with E-state index in [0.717, 1.165) is 5.75 Å². The van der Waals surface area contributed by atoms with E-state index in [0.29, 0.717) is 55.0 Å². The van der Waals surface area contributed by atoms with E-state index >= 15 is 0 Å². The molecule has 3 rings (SSSR count). The van der Waals surface area contributed by atoms with Crippen molar-refractivity contribution in [2.24, 2.45) is 10.7 Å². The van der Waals surface area contributed by atoms with Gasteiger partial charge in [-0.15, -0.1) is 0 Å². The molecule has 3 aromatic rings. The minimum atomic E-state index is 0.278. The summed E-state index contributed by atoms with van der Waals surface area (Å²) < 4.78 is 16.4. The molecule has 0 radical (unpaired) electrons. The van der Waals surface area contributed by atoms with Crippen molar-refractivity contribution >= 4 is 11.6 Å². The van der Waals surface area contributed by atoms with E-state index in [1.807, 2.05) is 32.0 Å². The number of nitrogens with one attached hydrogen (secondary N) is 2. The van der Waals surface area contributed by atoms with Gasteiger partial charge in [-0.25, -0.2) is 4.98 Å². The molecule has 0 aliphatic carbocycles. The number of H-pyrrole nitrogens is 1. The minimum absolute atomic E-state index is 0.278. The normalized spacial score (nSPS) is 11.4. The number of ether oxygens (including phenoxy) is 2. The summed E-state index contributed by atoms with van der Waals surface area (Å²) >= 11 is 0. The SMILES string of the molecule is CCOc1ccc(OCC)c(NC(N)=NCCc2nc(-c3ccco3)n[nH]2)c1. The van der Waals surface area contributed by atoms with Gasteiger partial charge in [0.05, 0.1) is 25.2 Å². The molecule has 0 bridgehead atoms. The van der Waals surface area contributed by atoms with Gasteiger partial charge in [-0.3, -0.25) is 10.1 Å². The Morgan fingerprint density at radius 1 is 1.25 bits per heavy atom. The molecule has 2 aromatic heterocycles. The van der Waals surface area contributed by atoms with Gasteiger partial charge in [-0.2, -0.15) is 5.10 Å². The predicted molar refractivity (Wildman–Crippen MR) is 107 cm³/mol. The molecule has 148 valence electrons. The quantitative estimate of drug-likeness (QED) is 0.383. The van der Waals surface area contributed by atoms with Gasteiger partial charge in [0.1, 0.15) is 17.3 Å². The van der Waals surface area contributed by atoms with Crippen LogP contribution in [0.1, 0.15) is 19.7 Å². The maximum absolute atomic E-state index is 6.02. The molecule has 0 unspecified atom stereocenters. The van der Waals surface area contributed by atoms with Crippen molar-refractivity contribution in [2.45, 2.75) is 20.3 Å². The highest BCUT2D eigenvalue weighted by Crippen LogP contribution is 2.29. The third kappa shape index (κ3) is 5.03. The average Bonchev–Trinajstić information content (AvgIpc) is 3.36. The maximum Gasteiger partial charge on any atom is 0.216 e. The summed E-state index contributed by atoms with van der Waals surface area (Å²) in [6.45, 7) is 5.42. The number of benzene rings is 1. The van der Waals surface area contributed by atoms with Gasteiger partial charge in [0.2, 0.25) is 5.82 Å². The Hall–Kier alpha value is -3.49. The van der Waals surface area contributed by atoms with E-state index in [9.17, 15) is 0 Å². The summed E-state index contributed by atoms with van der Waals surface area (Å²) in [4.78, 5) is 8.72. The van der Waals surface area contributed by atoms with E-state index in [1.165, 1.54) is 0 Å². The zero-order valence-corrected chi connectivity index (χ0v) is 15.9. The molecule has 0 aliphatic heterocycles. The highest BCUT2D eigenvalue weighted by molar-refractivity contribution is 5.94. The van der Waals surface area contributed by atoms with Crippen LogP contribution < -0.4 is 20.5 Å². The Bertz CT molecular complexity index is 904. The lowest BCUT2D eigenvalue weighted by Gasteiger charge is -2.13. The van der Waals surface area contributed by atoms with Crippen LogP contribution in [-0.2, 0) is 6.42 Å². The molecule has 2 heterocycles. The second kappa shape index (κ2) is 9.45. The molecule has 4 N–H and O–H groups in total. The summed E-state index contributed by atoms with van der Waals surface area (Å²) in [6.07, 6.45) is 2.15. The molecule has 0 aliphatic rings. The van der Waals surface area contributed by atoms with Crippen molar-refractivity contribution in [2.75, 3.05) is 25.1 Å². The van der Waals surface area contributed by atoms with E-state index in [2.05, 4.69) is 25.5 Å². The largest absolute Gasteiger partial charge is 0.494 e. The molecule has 0 saturated heterocycles. The number of aromatic nitrogens is 3. The minimum Gasteiger partial charge on any atom is -0.494 e. The Kier molecular flexibility index (Phi) is 6.50. The number of aromatic amines is 1. The van der Waals surface area contributed by atoms with E-state index in [4.69, 9.17) is 19.6 Å². The van der Waals surface area contributed by atoms with Gasteiger partial charge in [-0.05, 0) is 38.1 Å². The van der Waals surface area contributed by atoms with Gasteiger partial charge in [0, 0.05) is 19.0 Å². The highest BCUT2D eigenvalue weighted by Gasteiger charge is 2.09. The fourth-order valence-corrected chi connectivity index (χ4v) is 2.53. The number of rotatable bonds is 9. The Balaban J connectivity index is 1.60. The highest BCUT2D eigenvalue weighted by atomic mass is 16.5. The molecular formula is C19H24N6O3. The molecule has 0 amide bonds. The van der Waals surface area contributed by atoms with Crippen molar-refractivity contribution < 1.29 is 13.9 Å². The molecular weight excluding hydrogens is 360 g/mol. The van der Waals surface area contributed by atoms with Crippen molar-refractivity contribution in [1.82, 2.24) is 15.2 Å². The van der Waals surface area contributed by atoms with Crippen LogP contribution in [0.25, 0.3) is 11.6 Å². The Labute approximate surface area is 163 Å². The molecule has 28 heavy (non-hydrogen) atoms. The molecule has 9 heteroatoms. The maximum atomic E-state index is 6.02. The van der Waals surface area contributed by atoms with Crippen molar-refractivity contribution in [3.05, 3.63) is 42.4 Å². The van der Waals surface area contributed by atoms with Crippen LogP contribution in [0.2, 0.25) is 0 Å². The zero-order valence-electron chi connectivity index (χ0n) is 15.9. The number of aliphatic imine (C=N–C) groups is 1. The van der Waals surface area contributed by atoms with E-state index in [-0.39, 0.29) is 5.96 Å². The van der Waals surface area contributed by atoms with Crippen LogP contribution in [0.15, 0.2) is 46.0 Å². The van der Waals surface area contributed by atoms with Crippen molar-refractivity contribution in [3.63, 3.8) is 0 Å². The lowest BCUT2D eigenvalue weighted by Crippen LogP contribution is -2.23. The molecule has 1 aromatic carbocycles. The Morgan fingerprint density at radius 3 is 2.86 bits per heavy atom. The number of hydrogen-bond donors (Lipinski definition) is 3. The lowest BCUT2D eigenvalue weighted by molar-refractivity contribution is 0.332. The first-order valence-corrected chi connectivity index (χ1v) is 9.11. The number of hydrogen-bond acceptors (Lipinski definition) is 6. The van der Waals surface area contributed by atoms with Crippen LogP contribution in [-0.4, -0.2) is 40.9 Å². The van der Waals surface area contributed by atoms with Gasteiger partial charge in [-0.1, -0.05) is 0 Å². The van der Waals surface area contributed by atoms with E-state index < -0.39 is 0 Å². The third-order valence-electron chi connectivity index (χ3n) is 3.73. The van der Waals surface area contributed by atoms with E-state index in [1.54, 1.807) is 18.4 Å². The summed E-state index contributed by atoms with van der Waals surface area (Å²) in [5.41, 5.74) is 6.73. The molecule has 9 nitrogen and oxygen atoms in total. The molecule has 0 atom stereocenters. The number of anilines is 1. The molecule has 0 saturated carbocycles. The van der Waals surface area contributed by atoms with Crippen LogP contribution in [0.5, 0.6) is 11.5 Å². The summed E-state index contributed by atoms with van der Waals surface area (Å²) in [7, 11) is 0. The Morgan fingerprint density at radius 2 is 2.11 bits per heavy atom. The lowest BCUT2D eigenvalue weighted by atomic mass is 10.2. The summed E-state index contributed by atoms with van der Waals surface area (Å²) in [5.74, 6) is 3.53. The van der Waals surface area contributed by atoms with Crippen LogP contribution >= 0.6 is 0 Å². The van der Waals surface area contributed by atoms with Gasteiger partial charge in [0.25, 0.3) is 0 Å². The van der Waals surface area contributed by atoms with Gasteiger partial charge < -0.3 is 24.9 Å². The average molecular weight is 384 g/mol. The number of guanidine groups is 1. The third-order valence-corrected chi connectivity index (χ3v) is 3.73. The van der Waals surface area contributed by atoms with Crippen LogP contribution in [0, 0.1) is 0 Å². The van der Waals surface area contributed by atoms with Crippen LogP contribution in [0.3, 0.4) is 0 Å². The first kappa shape index (κ1) is 19.3.